The largest absolute Gasteiger partial charge is 0.497 e. The van der Waals surface area contributed by atoms with Crippen molar-refractivity contribution in [2.75, 3.05) is 53.6 Å². The van der Waals surface area contributed by atoms with Crippen LogP contribution in [0.3, 0.4) is 0 Å². The Morgan fingerprint density at radius 1 is 1.07 bits per heavy atom. The van der Waals surface area contributed by atoms with E-state index in [1.807, 2.05) is 4.90 Å². The highest BCUT2D eigenvalue weighted by atomic mass is 19.1. The van der Waals surface area contributed by atoms with Gasteiger partial charge >= 0.3 is 0 Å². The summed E-state index contributed by atoms with van der Waals surface area (Å²) in [4.78, 5) is 25.5. The molecule has 0 unspecified atom stereocenters. The molecule has 0 atom stereocenters. The molecular formula is C20H31FN2O5. The number of carboxylic acid groups (broad SMARTS) is 1. The Labute approximate surface area is 166 Å². The molecule has 1 aliphatic rings. The van der Waals surface area contributed by atoms with E-state index in [1.165, 1.54) is 0 Å². The minimum absolute atomic E-state index is 0.0106. The molecule has 0 bridgehead atoms. The quantitative estimate of drug-likeness (QED) is 0.536. The van der Waals surface area contributed by atoms with E-state index in [4.69, 9.17) is 19.4 Å². The molecule has 0 spiro atoms. The zero-order valence-electron chi connectivity index (χ0n) is 16.7. The molecule has 1 aliphatic heterocycles. The third-order valence-corrected chi connectivity index (χ3v) is 4.58. The molecule has 0 aliphatic carbocycles. The highest BCUT2D eigenvalue weighted by Crippen LogP contribution is 2.23. The standard InChI is InChI=1S/C19H29FN2O3.CH2O2/c1-24-17-13-16(14-18(15-17)25-2)19(23)22-10-6-9-21(11-12-22)8-5-3-4-7-20;2-1-3/h13-15H,3-12H2,1-2H3;1H,(H,2,3). The van der Waals surface area contributed by atoms with Crippen LogP contribution in [0.25, 0.3) is 0 Å². The lowest BCUT2D eigenvalue weighted by atomic mass is 10.1. The van der Waals surface area contributed by atoms with Crippen LogP contribution in [0.15, 0.2) is 18.2 Å². The number of methoxy groups -OCH3 is 2. The molecular weight excluding hydrogens is 367 g/mol. The van der Waals surface area contributed by atoms with Gasteiger partial charge in [-0.3, -0.25) is 14.0 Å². The van der Waals surface area contributed by atoms with Crippen LogP contribution in [-0.4, -0.2) is 80.9 Å². The lowest BCUT2D eigenvalue weighted by molar-refractivity contribution is -0.122. The van der Waals surface area contributed by atoms with Gasteiger partial charge in [0.05, 0.1) is 20.9 Å². The van der Waals surface area contributed by atoms with Crippen LogP contribution in [0.4, 0.5) is 4.39 Å². The summed E-state index contributed by atoms with van der Waals surface area (Å²) in [5.41, 5.74) is 0.590. The Hall–Kier alpha value is -2.35. The van der Waals surface area contributed by atoms with Crippen molar-refractivity contribution in [3.05, 3.63) is 23.8 Å². The summed E-state index contributed by atoms with van der Waals surface area (Å²) < 4.78 is 22.7. The van der Waals surface area contributed by atoms with Gasteiger partial charge in [-0.25, -0.2) is 0 Å². The van der Waals surface area contributed by atoms with Gasteiger partial charge < -0.3 is 24.4 Å². The number of ether oxygens (including phenoxy) is 2. The topological polar surface area (TPSA) is 79.3 Å². The molecule has 7 nitrogen and oxygen atoms in total. The van der Waals surface area contributed by atoms with Crippen molar-refractivity contribution in [3.8, 4) is 11.5 Å². The minimum atomic E-state index is -0.250. The van der Waals surface area contributed by atoms with Crippen molar-refractivity contribution in [1.82, 2.24) is 9.80 Å². The van der Waals surface area contributed by atoms with Crippen molar-refractivity contribution in [1.29, 1.82) is 0 Å². The summed E-state index contributed by atoms with van der Waals surface area (Å²) in [6.45, 7) is 3.81. The summed E-state index contributed by atoms with van der Waals surface area (Å²) in [5.74, 6) is 1.25. The van der Waals surface area contributed by atoms with Crippen LogP contribution in [0.1, 0.15) is 36.0 Å². The third-order valence-electron chi connectivity index (χ3n) is 4.58. The first kappa shape index (κ1) is 23.7. The second-order valence-corrected chi connectivity index (χ2v) is 6.44. The van der Waals surface area contributed by atoms with Gasteiger partial charge in [0.15, 0.2) is 0 Å². The van der Waals surface area contributed by atoms with Crippen molar-refractivity contribution in [3.63, 3.8) is 0 Å². The first-order valence-electron chi connectivity index (χ1n) is 9.48. The number of halogens is 1. The van der Waals surface area contributed by atoms with E-state index in [9.17, 15) is 9.18 Å². The van der Waals surface area contributed by atoms with Crippen LogP contribution in [0, 0.1) is 0 Å². The predicted octanol–water partition coefficient (Wildman–Crippen LogP) is 2.69. The van der Waals surface area contributed by atoms with E-state index in [2.05, 4.69) is 4.90 Å². The van der Waals surface area contributed by atoms with Crippen molar-refractivity contribution >= 4 is 12.4 Å². The van der Waals surface area contributed by atoms with E-state index >= 15 is 0 Å². The molecule has 1 amide bonds. The van der Waals surface area contributed by atoms with Gasteiger partial charge in [-0.05, 0) is 50.9 Å². The van der Waals surface area contributed by atoms with E-state index in [0.717, 1.165) is 45.4 Å². The second-order valence-electron chi connectivity index (χ2n) is 6.44. The Bertz CT molecular complexity index is 578. The maximum atomic E-state index is 12.8. The average molecular weight is 398 g/mol. The highest BCUT2D eigenvalue weighted by molar-refractivity contribution is 5.95. The van der Waals surface area contributed by atoms with Gasteiger partial charge in [-0.2, -0.15) is 0 Å². The maximum Gasteiger partial charge on any atom is 0.290 e. The molecule has 1 aromatic rings. The van der Waals surface area contributed by atoms with Crippen LogP contribution >= 0.6 is 0 Å². The predicted molar refractivity (Wildman–Crippen MR) is 105 cm³/mol. The first-order valence-corrected chi connectivity index (χ1v) is 9.48. The molecule has 1 heterocycles. The third kappa shape index (κ3) is 8.12. The van der Waals surface area contributed by atoms with Crippen LogP contribution in [-0.2, 0) is 4.79 Å². The molecule has 1 aromatic carbocycles. The van der Waals surface area contributed by atoms with Gasteiger partial charge in [0.25, 0.3) is 12.4 Å². The normalized spacial score (nSPS) is 14.5. The molecule has 1 fully saturated rings. The van der Waals surface area contributed by atoms with Gasteiger partial charge in [-0.1, -0.05) is 0 Å². The number of benzene rings is 1. The monoisotopic (exact) mass is 398 g/mol. The fraction of sp³-hybridized carbons (Fsp3) is 0.600. The van der Waals surface area contributed by atoms with Crippen LogP contribution < -0.4 is 9.47 Å². The highest BCUT2D eigenvalue weighted by Gasteiger charge is 2.21. The number of hydrogen-bond acceptors (Lipinski definition) is 5. The Morgan fingerprint density at radius 3 is 2.29 bits per heavy atom. The van der Waals surface area contributed by atoms with Gasteiger partial charge in [0, 0.05) is 31.3 Å². The first-order chi connectivity index (χ1) is 13.6. The molecule has 28 heavy (non-hydrogen) atoms. The Kier molecular flexibility index (Phi) is 11.6. The maximum absolute atomic E-state index is 12.8. The summed E-state index contributed by atoms with van der Waals surface area (Å²) in [5, 5.41) is 6.89. The van der Waals surface area contributed by atoms with Gasteiger partial charge in [0.2, 0.25) is 0 Å². The summed E-state index contributed by atoms with van der Waals surface area (Å²) >= 11 is 0. The number of rotatable bonds is 8. The Balaban J connectivity index is 0.00000122. The number of hydrogen-bond donors (Lipinski definition) is 1. The molecule has 1 saturated heterocycles. The smallest absolute Gasteiger partial charge is 0.290 e. The van der Waals surface area contributed by atoms with Crippen LogP contribution in [0.2, 0.25) is 0 Å². The second kappa shape index (κ2) is 13.8. The molecule has 0 saturated carbocycles. The SMILES string of the molecule is COc1cc(OC)cc(C(=O)N2CCCN(CCCCCF)CC2)c1.O=CO. The molecule has 0 radical (unpaired) electrons. The zero-order chi connectivity index (χ0) is 20.8. The fourth-order valence-corrected chi connectivity index (χ4v) is 3.12. The van der Waals surface area contributed by atoms with E-state index in [-0.39, 0.29) is 19.1 Å². The van der Waals surface area contributed by atoms with Gasteiger partial charge in [0.1, 0.15) is 11.5 Å². The lowest BCUT2D eigenvalue weighted by Crippen LogP contribution is -2.35. The number of alkyl halides is 1. The molecule has 158 valence electrons. The number of amides is 1. The molecule has 1 N–H and O–H groups in total. The number of unbranched alkanes of at least 4 members (excludes halogenated alkanes) is 2. The molecule has 2 rings (SSSR count). The number of carbonyl (C=O) groups is 2. The number of carbonyl (C=O) groups excluding carboxylic acids is 1. The minimum Gasteiger partial charge on any atom is -0.497 e. The van der Waals surface area contributed by atoms with Crippen molar-refractivity contribution < 1.29 is 28.6 Å². The summed E-state index contributed by atoms with van der Waals surface area (Å²) in [6, 6.07) is 5.27. The summed E-state index contributed by atoms with van der Waals surface area (Å²) in [7, 11) is 3.16. The molecule has 0 aromatic heterocycles. The van der Waals surface area contributed by atoms with E-state index in [0.29, 0.717) is 30.0 Å². The van der Waals surface area contributed by atoms with E-state index < -0.39 is 0 Å². The number of nitrogens with zero attached hydrogens (tertiary/aromatic N) is 2. The zero-order valence-corrected chi connectivity index (χ0v) is 16.7. The average Bonchev–Trinajstić information content (AvgIpc) is 2.96. The fourth-order valence-electron chi connectivity index (χ4n) is 3.12. The van der Waals surface area contributed by atoms with Gasteiger partial charge in [-0.15, -0.1) is 0 Å². The Morgan fingerprint density at radius 2 is 1.71 bits per heavy atom. The van der Waals surface area contributed by atoms with Crippen molar-refractivity contribution in [2.45, 2.75) is 25.7 Å². The van der Waals surface area contributed by atoms with Crippen molar-refractivity contribution in [2.24, 2.45) is 0 Å². The van der Waals surface area contributed by atoms with E-state index in [1.54, 1.807) is 32.4 Å². The molecule has 8 heteroatoms. The summed E-state index contributed by atoms with van der Waals surface area (Å²) in [6.07, 6.45) is 3.55. The van der Waals surface area contributed by atoms with Crippen LogP contribution in [0.5, 0.6) is 11.5 Å². The lowest BCUT2D eigenvalue weighted by Gasteiger charge is -2.22.